The molecule has 2 aliphatic rings. The van der Waals surface area contributed by atoms with Crippen LogP contribution in [0.15, 0.2) is 24.4 Å². The zero-order valence-electron chi connectivity index (χ0n) is 20.2. The fourth-order valence-electron chi connectivity index (χ4n) is 5.19. The maximum absolute atomic E-state index is 14.9. The predicted octanol–water partition coefficient (Wildman–Crippen LogP) is 5.76. The fraction of sp³-hybridized carbons (Fsp3) is 0.542. The number of H-pyrrole nitrogens is 1. The highest BCUT2D eigenvalue weighted by atomic mass is 35.5. The number of benzene rings is 1. The minimum absolute atomic E-state index is 0.194. The van der Waals surface area contributed by atoms with Crippen LogP contribution in [0.2, 0.25) is 10.0 Å². The van der Waals surface area contributed by atoms with Crippen molar-refractivity contribution < 1.29 is 13.3 Å². The first-order chi connectivity index (χ1) is 16.9. The van der Waals surface area contributed by atoms with E-state index in [1.165, 1.54) is 0 Å². The number of fused-ring (bicyclic) bond motifs is 1. The van der Waals surface area contributed by atoms with Crippen molar-refractivity contribution in [3.8, 4) is 11.3 Å². The van der Waals surface area contributed by atoms with Gasteiger partial charge in [0.05, 0.1) is 16.2 Å². The van der Waals surface area contributed by atoms with E-state index in [4.69, 9.17) is 28.2 Å². The fourth-order valence-corrected chi connectivity index (χ4v) is 6.57. The molecule has 2 N–H and O–H groups in total. The third kappa shape index (κ3) is 4.55. The van der Waals surface area contributed by atoms with Crippen molar-refractivity contribution in [1.82, 2.24) is 24.9 Å². The van der Waals surface area contributed by atoms with Crippen molar-refractivity contribution in [2.45, 2.75) is 63.2 Å². The second-order valence-electron chi connectivity index (χ2n) is 10.6. The maximum Gasteiger partial charge on any atom is 0.268 e. The average molecular weight is 557 g/mol. The van der Waals surface area contributed by atoms with Gasteiger partial charge in [0.1, 0.15) is 27.8 Å². The number of halogens is 4. The zero-order valence-corrected chi connectivity index (χ0v) is 22.6. The second kappa shape index (κ2) is 9.23. The van der Waals surface area contributed by atoms with E-state index in [2.05, 4.69) is 24.8 Å². The van der Waals surface area contributed by atoms with E-state index >= 15 is 0 Å². The predicted molar refractivity (Wildman–Crippen MR) is 140 cm³/mol. The van der Waals surface area contributed by atoms with E-state index in [1.54, 1.807) is 39.1 Å². The van der Waals surface area contributed by atoms with Crippen molar-refractivity contribution >= 4 is 51.5 Å². The van der Waals surface area contributed by atoms with Gasteiger partial charge in [0.25, 0.3) is 5.92 Å². The van der Waals surface area contributed by atoms with Crippen LogP contribution in [0.1, 0.15) is 46.5 Å². The molecule has 2 atom stereocenters. The molecule has 3 heterocycles. The molecule has 1 aromatic carbocycles. The Balaban J connectivity index is 1.35. The standard InChI is InChI=1S/C24H28Cl2F2N6OS/c1-22(2,3)36(35)33-21-23(7-8-24(21,27)28)9-11-34(12-10-23)16-13-29-19-18(31-32-20(19)30-16)14-5-4-6-15(25)17(14)26/h4-6,13,21,33H,7-12H2,1-3H3,(H,30,31,32)/t21?,36-/m1/s1. The number of nitrogens with one attached hydrogen (secondary N) is 2. The molecule has 5 rings (SSSR count). The van der Waals surface area contributed by atoms with Crippen LogP contribution in [0.25, 0.3) is 22.4 Å². The van der Waals surface area contributed by atoms with Crippen LogP contribution in [-0.4, -0.2) is 54.5 Å². The molecule has 0 radical (unpaired) electrons. The Morgan fingerprint density at radius 2 is 1.89 bits per heavy atom. The molecule has 2 fully saturated rings. The van der Waals surface area contributed by atoms with Gasteiger partial charge in [-0.25, -0.2) is 18.7 Å². The molecule has 3 aromatic rings. The van der Waals surface area contributed by atoms with Gasteiger partial charge in [-0.3, -0.25) is 5.10 Å². The Labute approximate surface area is 221 Å². The molecule has 7 nitrogen and oxygen atoms in total. The van der Waals surface area contributed by atoms with Crippen LogP contribution in [0, 0.1) is 5.41 Å². The number of nitrogens with zero attached hydrogens (tertiary/aromatic N) is 4. The quantitative estimate of drug-likeness (QED) is 0.396. The number of alkyl halides is 2. The topological polar surface area (TPSA) is 92.8 Å². The van der Waals surface area contributed by atoms with Crippen molar-refractivity contribution in [1.29, 1.82) is 0 Å². The summed E-state index contributed by atoms with van der Waals surface area (Å²) in [5.74, 6) is -2.24. The van der Waals surface area contributed by atoms with E-state index in [1.807, 2.05) is 6.07 Å². The molecular weight excluding hydrogens is 529 g/mol. The lowest BCUT2D eigenvalue weighted by atomic mass is 9.74. The summed E-state index contributed by atoms with van der Waals surface area (Å²) in [5, 5.41) is 8.09. The summed E-state index contributed by atoms with van der Waals surface area (Å²) in [7, 11) is 0. The van der Waals surface area contributed by atoms with Gasteiger partial charge in [0.2, 0.25) is 0 Å². The summed E-state index contributed by atoms with van der Waals surface area (Å²) < 4.78 is 44.7. The molecule has 1 spiro atoms. The molecule has 36 heavy (non-hydrogen) atoms. The van der Waals surface area contributed by atoms with Crippen molar-refractivity contribution in [3.05, 3.63) is 34.4 Å². The first kappa shape index (κ1) is 25.9. The van der Waals surface area contributed by atoms with Gasteiger partial charge in [0.15, 0.2) is 5.65 Å². The highest BCUT2D eigenvalue weighted by Crippen LogP contribution is 2.53. The second-order valence-corrected chi connectivity index (χ2v) is 13.4. The Bertz CT molecular complexity index is 1280. The van der Waals surface area contributed by atoms with Gasteiger partial charge in [-0.1, -0.05) is 35.3 Å². The van der Waals surface area contributed by atoms with E-state index < -0.39 is 33.5 Å². The molecule has 1 aliphatic carbocycles. The smallest absolute Gasteiger partial charge is 0.268 e. The first-order valence-corrected chi connectivity index (χ1v) is 13.8. The molecule has 0 bridgehead atoms. The summed E-state index contributed by atoms with van der Waals surface area (Å²) in [6, 6.07) is 4.20. The minimum Gasteiger partial charge on any atom is -0.598 e. The van der Waals surface area contributed by atoms with Gasteiger partial charge in [-0.05, 0) is 51.5 Å². The Kier molecular flexibility index (Phi) is 6.65. The van der Waals surface area contributed by atoms with Crippen molar-refractivity contribution in [3.63, 3.8) is 0 Å². The van der Waals surface area contributed by atoms with Gasteiger partial charge >= 0.3 is 0 Å². The van der Waals surface area contributed by atoms with Gasteiger partial charge < -0.3 is 9.45 Å². The highest BCUT2D eigenvalue weighted by molar-refractivity contribution is 7.90. The van der Waals surface area contributed by atoms with E-state index in [9.17, 15) is 13.3 Å². The number of hydrogen-bond donors (Lipinski definition) is 2. The van der Waals surface area contributed by atoms with Gasteiger partial charge in [0, 0.05) is 36.4 Å². The Morgan fingerprint density at radius 3 is 2.58 bits per heavy atom. The molecular formula is C24H28Cl2F2N6OS. The highest BCUT2D eigenvalue weighted by Gasteiger charge is 2.61. The zero-order chi connectivity index (χ0) is 25.9. The van der Waals surface area contributed by atoms with Gasteiger partial charge in [-0.2, -0.15) is 5.10 Å². The Hall–Kier alpha value is -1.72. The average Bonchev–Trinajstić information content (AvgIpc) is 3.35. The molecule has 1 saturated carbocycles. The van der Waals surface area contributed by atoms with Crippen LogP contribution in [-0.2, 0) is 11.4 Å². The number of aromatic amines is 1. The van der Waals surface area contributed by atoms with Crippen LogP contribution < -0.4 is 9.62 Å². The lowest BCUT2D eigenvalue weighted by molar-refractivity contribution is -0.0344. The third-order valence-electron chi connectivity index (χ3n) is 7.32. The summed E-state index contributed by atoms with van der Waals surface area (Å²) in [6.07, 6.45) is 2.98. The number of aromatic nitrogens is 4. The molecule has 1 aliphatic heterocycles. The van der Waals surface area contributed by atoms with E-state index in [0.717, 1.165) is 0 Å². The molecule has 1 saturated heterocycles. The number of piperidine rings is 1. The molecule has 12 heteroatoms. The van der Waals surface area contributed by atoms with E-state index in [0.29, 0.717) is 70.6 Å². The van der Waals surface area contributed by atoms with Crippen LogP contribution in [0.5, 0.6) is 0 Å². The lowest BCUT2D eigenvalue weighted by Crippen LogP contribution is -2.58. The monoisotopic (exact) mass is 556 g/mol. The molecule has 1 unspecified atom stereocenters. The Morgan fingerprint density at radius 1 is 1.17 bits per heavy atom. The summed E-state index contributed by atoms with van der Waals surface area (Å²) >= 11 is 10.9. The number of hydrogen-bond acceptors (Lipinski definition) is 6. The number of rotatable bonds is 4. The normalized spacial score (nSPS) is 22.4. The van der Waals surface area contributed by atoms with E-state index in [-0.39, 0.29) is 6.42 Å². The van der Waals surface area contributed by atoms with Crippen molar-refractivity contribution in [2.75, 3.05) is 18.0 Å². The summed E-state index contributed by atoms with van der Waals surface area (Å²) in [6.45, 7) is 6.47. The lowest BCUT2D eigenvalue weighted by Gasteiger charge is -2.44. The van der Waals surface area contributed by atoms with Crippen LogP contribution in [0.4, 0.5) is 14.6 Å². The number of anilines is 1. The largest absolute Gasteiger partial charge is 0.598 e. The van der Waals surface area contributed by atoms with Gasteiger partial charge in [-0.15, -0.1) is 4.72 Å². The van der Waals surface area contributed by atoms with Crippen LogP contribution in [0.3, 0.4) is 0 Å². The third-order valence-corrected chi connectivity index (χ3v) is 9.70. The molecule has 194 valence electrons. The maximum atomic E-state index is 14.9. The SMILES string of the molecule is CC(C)(C)[S@@+]([O-])NC1C(F)(F)CCC12CCN(c1cnc3c(-c4cccc(Cl)c4Cl)n[nH]c3n1)CC2. The first-order valence-electron chi connectivity index (χ1n) is 11.9. The molecule has 2 aromatic heterocycles. The summed E-state index contributed by atoms with van der Waals surface area (Å²) in [5.41, 5.74) is 1.68. The minimum atomic E-state index is -2.89. The summed E-state index contributed by atoms with van der Waals surface area (Å²) in [4.78, 5) is 11.3. The van der Waals surface area contributed by atoms with Crippen LogP contribution >= 0.6 is 23.2 Å². The van der Waals surface area contributed by atoms with Crippen molar-refractivity contribution in [2.24, 2.45) is 5.41 Å². The molecule has 0 amide bonds.